The largest absolute Gasteiger partial charge is 0.465 e. The lowest BCUT2D eigenvalue weighted by Crippen LogP contribution is -2.05. The summed E-state index contributed by atoms with van der Waals surface area (Å²) in [7, 11) is 0. The van der Waals surface area contributed by atoms with Crippen LogP contribution in [0.2, 0.25) is 0 Å². The molecule has 0 aromatic carbocycles. The maximum Gasteiger partial charge on any atom is 0.346 e. The van der Waals surface area contributed by atoms with Gasteiger partial charge in [0, 0.05) is 5.56 Å². The van der Waals surface area contributed by atoms with Crippen molar-refractivity contribution in [1.82, 2.24) is 0 Å². The van der Waals surface area contributed by atoms with Crippen LogP contribution in [0.1, 0.15) is 35.2 Å². The molecule has 0 saturated heterocycles. The first-order valence-electron chi connectivity index (χ1n) is 5.91. The van der Waals surface area contributed by atoms with Crippen LogP contribution in [0.25, 0.3) is 0 Å². The highest BCUT2D eigenvalue weighted by Crippen LogP contribution is 2.31. The molecular formula is C13H14O4. The normalized spacial score (nSPS) is 21.6. The molecule has 1 aliphatic carbocycles. The van der Waals surface area contributed by atoms with Crippen molar-refractivity contribution >= 4 is 5.97 Å². The maximum atomic E-state index is 11.4. The number of hydrogen-bond donors (Lipinski definition) is 0. The van der Waals surface area contributed by atoms with E-state index >= 15 is 0 Å². The average molecular weight is 234 g/mol. The number of carbonyl (C=O) groups excluding carboxylic acids is 1. The predicted molar refractivity (Wildman–Crippen MR) is 59.8 cm³/mol. The van der Waals surface area contributed by atoms with Crippen LogP contribution in [0.4, 0.5) is 0 Å². The standard InChI is InChI=1S/C13H14O4/c14-12-11-10(7-16-12)8-17-13(11)15-6-5-9-3-1-2-4-9/h1,3,8-9H,2,4-7H2. The Morgan fingerprint density at radius 3 is 3.24 bits per heavy atom. The zero-order valence-corrected chi connectivity index (χ0v) is 9.48. The van der Waals surface area contributed by atoms with Crippen molar-refractivity contribution in [3.05, 3.63) is 29.5 Å². The highest BCUT2D eigenvalue weighted by atomic mass is 16.6. The molecule has 0 fully saturated rings. The van der Waals surface area contributed by atoms with Crippen molar-refractivity contribution in [2.24, 2.45) is 5.92 Å². The van der Waals surface area contributed by atoms with Crippen LogP contribution in [0.15, 0.2) is 22.8 Å². The van der Waals surface area contributed by atoms with Crippen LogP contribution in [0.3, 0.4) is 0 Å². The second-order valence-electron chi connectivity index (χ2n) is 4.40. The number of esters is 1. The van der Waals surface area contributed by atoms with Crippen LogP contribution in [-0.2, 0) is 11.3 Å². The van der Waals surface area contributed by atoms with Gasteiger partial charge in [0.1, 0.15) is 12.9 Å². The quantitative estimate of drug-likeness (QED) is 0.593. The third-order valence-corrected chi connectivity index (χ3v) is 3.23. The van der Waals surface area contributed by atoms with Crippen molar-refractivity contribution in [3.8, 4) is 5.95 Å². The highest BCUT2D eigenvalue weighted by molar-refractivity contribution is 5.95. The molecule has 1 unspecified atom stereocenters. The second-order valence-corrected chi connectivity index (χ2v) is 4.40. The summed E-state index contributed by atoms with van der Waals surface area (Å²) in [6, 6.07) is 0. The van der Waals surface area contributed by atoms with E-state index in [1.807, 2.05) is 0 Å². The van der Waals surface area contributed by atoms with Gasteiger partial charge in [0.05, 0.1) is 6.61 Å². The third-order valence-electron chi connectivity index (χ3n) is 3.23. The van der Waals surface area contributed by atoms with Gasteiger partial charge in [0.15, 0.2) is 5.56 Å². The van der Waals surface area contributed by atoms with Gasteiger partial charge >= 0.3 is 5.97 Å². The first-order valence-corrected chi connectivity index (χ1v) is 5.91. The Balaban J connectivity index is 1.58. The summed E-state index contributed by atoms with van der Waals surface area (Å²) >= 11 is 0. The molecule has 0 N–H and O–H groups in total. The number of furan rings is 1. The maximum absolute atomic E-state index is 11.4. The topological polar surface area (TPSA) is 48.7 Å². The number of hydrogen-bond acceptors (Lipinski definition) is 4. The Bertz CT molecular complexity index is 458. The number of cyclic esters (lactones) is 1. The highest BCUT2D eigenvalue weighted by Gasteiger charge is 2.29. The molecule has 4 heteroatoms. The summed E-state index contributed by atoms with van der Waals surface area (Å²) in [4.78, 5) is 11.4. The summed E-state index contributed by atoms with van der Waals surface area (Å²) in [6.07, 6.45) is 9.28. The van der Waals surface area contributed by atoms with Crippen molar-refractivity contribution < 1.29 is 18.7 Å². The van der Waals surface area contributed by atoms with Crippen LogP contribution in [0.5, 0.6) is 5.95 Å². The van der Waals surface area contributed by atoms with Crippen molar-refractivity contribution in [1.29, 1.82) is 0 Å². The second kappa shape index (κ2) is 4.28. The lowest BCUT2D eigenvalue weighted by atomic mass is 10.1. The van der Waals surface area contributed by atoms with Crippen LogP contribution in [0, 0.1) is 5.92 Å². The summed E-state index contributed by atoms with van der Waals surface area (Å²) in [5.74, 6) is 0.568. The van der Waals surface area contributed by atoms with Crippen LogP contribution in [-0.4, -0.2) is 12.6 Å². The molecule has 4 nitrogen and oxygen atoms in total. The van der Waals surface area contributed by atoms with Gasteiger partial charge in [0.25, 0.3) is 5.95 Å². The monoisotopic (exact) mass is 234 g/mol. The summed E-state index contributed by atoms with van der Waals surface area (Å²) in [6.45, 7) is 0.870. The molecule has 2 heterocycles. The number of fused-ring (bicyclic) bond motifs is 1. The molecule has 1 atom stereocenters. The van der Waals surface area contributed by atoms with Gasteiger partial charge in [-0.2, -0.15) is 0 Å². The van der Waals surface area contributed by atoms with Crippen LogP contribution >= 0.6 is 0 Å². The fourth-order valence-electron chi connectivity index (χ4n) is 2.25. The van der Waals surface area contributed by atoms with Crippen LogP contribution < -0.4 is 4.74 Å². The average Bonchev–Trinajstić information content (AvgIpc) is 2.99. The van der Waals surface area contributed by atoms with E-state index in [-0.39, 0.29) is 5.97 Å². The minimum atomic E-state index is -0.343. The Morgan fingerprint density at radius 1 is 1.47 bits per heavy atom. The molecule has 1 aromatic rings. The molecular weight excluding hydrogens is 220 g/mol. The van der Waals surface area contributed by atoms with E-state index in [2.05, 4.69) is 12.2 Å². The minimum Gasteiger partial charge on any atom is -0.465 e. The molecule has 1 aliphatic heterocycles. The lowest BCUT2D eigenvalue weighted by molar-refractivity contribution is 0.0522. The predicted octanol–water partition coefficient (Wildman–Crippen LogP) is 2.69. The van der Waals surface area contributed by atoms with E-state index in [0.29, 0.717) is 30.6 Å². The molecule has 0 amide bonds. The van der Waals surface area contributed by atoms with Gasteiger partial charge in [-0.25, -0.2) is 4.79 Å². The van der Waals surface area contributed by atoms with Gasteiger partial charge in [-0.05, 0) is 25.2 Å². The van der Waals surface area contributed by atoms with E-state index in [1.54, 1.807) is 0 Å². The molecule has 90 valence electrons. The van der Waals surface area contributed by atoms with E-state index < -0.39 is 0 Å². The third kappa shape index (κ3) is 1.95. The van der Waals surface area contributed by atoms with E-state index in [1.165, 1.54) is 12.7 Å². The molecule has 0 radical (unpaired) electrons. The zero-order valence-electron chi connectivity index (χ0n) is 9.48. The zero-order chi connectivity index (χ0) is 11.7. The molecule has 0 bridgehead atoms. The Kier molecular flexibility index (Phi) is 2.63. The Hall–Kier alpha value is -1.71. The molecule has 1 aromatic heterocycles. The van der Waals surface area contributed by atoms with Gasteiger partial charge < -0.3 is 13.9 Å². The van der Waals surface area contributed by atoms with Gasteiger partial charge in [-0.1, -0.05) is 12.2 Å². The Morgan fingerprint density at radius 2 is 2.41 bits per heavy atom. The van der Waals surface area contributed by atoms with E-state index in [4.69, 9.17) is 13.9 Å². The fraction of sp³-hybridized carbons (Fsp3) is 0.462. The fourth-order valence-corrected chi connectivity index (χ4v) is 2.25. The Labute approximate surface area is 99.2 Å². The van der Waals surface area contributed by atoms with Crippen molar-refractivity contribution in [2.75, 3.05) is 6.61 Å². The van der Waals surface area contributed by atoms with Gasteiger partial charge in [-0.15, -0.1) is 0 Å². The first-order chi connectivity index (χ1) is 8.34. The molecule has 2 aliphatic rings. The lowest BCUT2D eigenvalue weighted by Gasteiger charge is -2.07. The van der Waals surface area contributed by atoms with Crippen molar-refractivity contribution in [3.63, 3.8) is 0 Å². The van der Waals surface area contributed by atoms with Crippen molar-refractivity contribution in [2.45, 2.75) is 25.9 Å². The van der Waals surface area contributed by atoms with E-state index in [9.17, 15) is 4.79 Å². The molecule has 17 heavy (non-hydrogen) atoms. The minimum absolute atomic E-state index is 0.298. The molecule has 3 rings (SSSR count). The van der Waals surface area contributed by atoms with E-state index in [0.717, 1.165) is 18.4 Å². The summed E-state index contributed by atoms with van der Waals surface area (Å²) in [5, 5.41) is 0. The smallest absolute Gasteiger partial charge is 0.346 e. The summed E-state index contributed by atoms with van der Waals surface area (Å²) < 4.78 is 15.6. The number of allylic oxidation sites excluding steroid dienone is 2. The molecule has 0 spiro atoms. The SMILES string of the molecule is O=C1OCc2coc(OCCC3C=CCC3)c21. The van der Waals surface area contributed by atoms with Gasteiger partial charge in [0.2, 0.25) is 0 Å². The van der Waals surface area contributed by atoms with Gasteiger partial charge in [-0.3, -0.25) is 0 Å². The molecule has 0 saturated carbocycles. The summed E-state index contributed by atoms with van der Waals surface area (Å²) in [5.41, 5.74) is 1.25. The first kappa shape index (κ1) is 10.4. The number of carbonyl (C=O) groups is 1. The number of rotatable bonds is 4. The number of ether oxygens (including phenoxy) is 2.